The summed E-state index contributed by atoms with van der Waals surface area (Å²) in [5.41, 5.74) is 8.42. The van der Waals surface area contributed by atoms with Crippen LogP contribution in [0.3, 0.4) is 0 Å². The zero-order valence-electron chi connectivity index (χ0n) is 17.4. The van der Waals surface area contributed by atoms with Crippen molar-refractivity contribution in [3.05, 3.63) is 71.3 Å². The fourth-order valence-corrected chi connectivity index (χ4v) is 3.60. The average molecular weight is 522 g/mol. The summed E-state index contributed by atoms with van der Waals surface area (Å²) in [6, 6.07) is 17.5. The Labute approximate surface area is 195 Å². The van der Waals surface area contributed by atoms with Crippen molar-refractivity contribution < 1.29 is 9.53 Å². The van der Waals surface area contributed by atoms with Gasteiger partial charge in [-0.25, -0.2) is 9.79 Å². The van der Waals surface area contributed by atoms with Crippen LogP contribution in [0.15, 0.2) is 59.6 Å². The molecule has 1 saturated heterocycles. The number of aliphatic imine (C=N–C) groups is 1. The number of carbonyl (C=O) groups excluding carboxylic acids is 1. The summed E-state index contributed by atoms with van der Waals surface area (Å²) in [5.74, 6) is 0.0941. The fraction of sp³-hybridized carbons (Fsp3) is 0.391. The van der Waals surface area contributed by atoms with E-state index in [1.54, 1.807) is 12.1 Å². The van der Waals surface area contributed by atoms with Crippen molar-refractivity contribution in [2.75, 3.05) is 19.6 Å². The number of rotatable bonds is 8. The van der Waals surface area contributed by atoms with Crippen molar-refractivity contribution >= 4 is 35.9 Å². The summed E-state index contributed by atoms with van der Waals surface area (Å²) in [6.07, 6.45) is 2.44. The molecule has 162 valence electrons. The second-order valence-corrected chi connectivity index (χ2v) is 7.27. The molecule has 0 aliphatic carbocycles. The van der Waals surface area contributed by atoms with Crippen molar-refractivity contribution in [3.63, 3.8) is 0 Å². The SMILES string of the molecule is CCN1CCCC1CNC(N)=NCc1cccc(C(=O)OCc2ccccc2)c1.I. The first kappa shape index (κ1) is 24.1. The molecule has 3 N–H and O–H groups in total. The van der Waals surface area contributed by atoms with Crippen molar-refractivity contribution in [2.24, 2.45) is 10.7 Å². The minimum absolute atomic E-state index is 0. The molecule has 1 atom stereocenters. The van der Waals surface area contributed by atoms with Crippen LogP contribution >= 0.6 is 24.0 Å². The van der Waals surface area contributed by atoms with Gasteiger partial charge in [-0.3, -0.25) is 4.90 Å². The number of hydrogen-bond acceptors (Lipinski definition) is 4. The molecule has 2 aromatic carbocycles. The summed E-state index contributed by atoms with van der Waals surface area (Å²) in [6.45, 7) is 5.90. The maximum atomic E-state index is 12.3. The Hall–Kier alpha value is -2.13. The predicted molar refractivity (Wildman–Crippen MR) is 131 cm³/mol. The molecule has 30 heavy (non-hydrogen) atoms. The maximum Gasteiger partial charge on any atom is 0.338 e. The van der Waals surface area contributed by atoms with Gasteiger partial charge in [0.25, 0.3) is 0 Å². The monoisotopic (exact) mass is 522 g/mol. The van der Waals surface area contributed by atoms with Crippen molar-refractivity contribution in [1.82, 2.24) is 10.2 Å². The van der Waals surface area contributed by atoms with E-state index in [-0.39, 0.29) is 36.6 Å². The third-order valence-electron chi connectivity index (χ3n) is 5.23. The Balaban J connectivity index is 0.00000320. The minimum Gasteiger partial charge on any atom is -0.457 e. The summed E-state index contributed by atoms with van der Waals surface area (Å²) < 4.78 is 5.39. The minimum atomic E-state index is -0.341. The van der Waals surface area contributed by atoms with Gasteiger partial charge in [0.15, 0.2) is 5.96 Å². The largest absolute Gasteiger partial charge is 0.457 e. The molecule has 1 aliphatic heterocycles. The molecule has 0 radical (unpaired) electrons. The van der Waals surface area contributed by atoms with Gasteiger partial charge in [-0.05, 0) is 49.2 Å². The van der Waals surface area contributed by atoms with Crippen LogP contribution in [0.2, 0.25) is 0 Å². The molecule has 1 heterocycles. The number of benzene rings is 2. The normalized spacial score (nSPS) is 16.7. The third-order valence-corrected chi connectivity index (χ3v) is 5.23. The quantitative estimate of drug-likeness (QED) is 0.240. The van der Waals surface area contributed by atoms with Gasteiger partial charge in [0.1, 0.15) is 6.61 Å². The van der Waals surface area contributed by atoms with Crippen molar-refractivity contribution in [2.45, 2.75) is 39.0 Å². The Morgan fingerprint density at radius 2 is 1.97 bits per heavy atom. The van der Waals surface area contributed by atoms with Gasteiger partial charge >= 0.3 is 5.97 Å². The number of carbonyl (C=O) groups is 1. The topological polar surface area (TPSA) is 80.0 Å². The van der Waals surface area contributed by atoms with Crippen LogP contribution in [0.5, 0.6) is 0 Å². The van der Waals surface area contributed by atoms with E-state index in [1.807, 2.05) is 42.5 Å². The number of guanidine groups is 1. The number of nitrogens with one attached hydrogen (secondary N) is 1. The molecule has 6 nitrogen and oxygen atoms in total. The van der Waals surface area contributed by atoms with Gasteiger partial charge in [-0.2, -0.15) is 0 Å². The molecule has 0 saturated carbocycles. The number of halogens is 1. The number of hydrogen-bond donors (Lipinski definition) is 2. The van der Waals surface area contributed by atoms with E-state index in [1.165, 1.54) is 12.8 Å². The van der Waals surface area contributed by atoms with Crippen LogP contribution < -0.4 is 11.1 Å². The molecular formula is C23H31IN4O2. The summed E-state index contributed by atoms with van der Waals surface area (Å²) >= 11 is 0. The van der Waals surface area contributed by atoms with Crippen LogP contribution in [-0.2, 0) is 17.9 Å². The second kappa shape index (κ2) is 12.5. The lowest BCUT2D eigenvalue weighted by molar-refractivity contribution is 0.0472. The number of nitrogens with two attached hydrogens (primary N) is 1. The lowest BCUT2D eigenvalue weighted by Gasteiger charge is -2.23. The van der Waals surface area contributed by atoms with Gasteiger partial charge in [-0.1, -0.05) is 49.4 Å². The van der Waals surface area contributed by atoms with Crippen LogP contribution in [0.1, 0.15) is 41.3 Å². The molecule has 1 unspecified atom stereocenters. The summed E-state index contributed by atoms with van der Waals surface area (Å²) in [4.78, 5) is 19.2. The molecule has 1 aliphatic rings. The van der Waals surface area contributed by atoms with Crippen LogP contribution in [0.4, 0.5) is 0 Å². The predicted octanol–water partition coefficient (Wildman–Crippen LogP) is 3.55. The zero-order chi connectivity index (χ0) is 20.5. The van der Waals surface area contributed by atoms with E-state index < -0.39 is 0 Å². The van der Waals surface area contributed by atoms with Crippen molar-refractivity contribution in [3.8, 4) is 0 Å². The summed E-state index contributed by atoms with van der Waals surface area (Å²) in [5, 5.41) is 3.23. The molecule has 0 spiro atoms. The Kier molecular flexibility index (Phi) is 10.1. The number of likely N-dealkylation sites (N-methyl/N-ethyl adjacent to an activating group) is 1. The number of nitrogens with zero attached hydrogens (tertiary/aromatic N) is 2. The number of likely N-dealkylation sites (tertiary alicyclic amines) is 1. The van der Waals surface area contributed by atoms with Gasteiger partial charge in [0.05, 0.1) is 12.1 Å². The summed E-state index contributed by atoms with van der Waals surface area (Å²) in [7, 11) is 0. The highest BCUT2D eigenvalue weighted by molar-refractivity contribution is 14.0. The van der Waals surface area contributed by atoms with Gasteiger partial charge < -0.3 is 15.8 Å². The smallest absolute Gasteiger partial charge is 0.338 e. The Morgan fingerprint density at radius 1 is 1.20 bits per heavy atom. The standard InChI is InChI=1S/C23H30N4O2.HI/c1-2-27-13-7-12-21(27)16-26-23(24)25-15-19-10-6-11-20(14-19)22(28)29-17-18-8-4-3-5-9-18;/h3-6,8-11,14,21H,2,7,12-13,15-17H2,1H3,(H3,24,25,26);1H. The molecule has 7 heteroatoms. The molecule has 3 rings (SSSR count). The fourth-order valence-electron chi connectivity index (χ4n) is 3.60. The van der Waals surface area contributed by atoms with Crippen molar-refractivity contribution in [1.29, 1.82) is 0 Å². The second-order valence-electron chi connectivity index (χ2n) is 7.27. The Bertz CT molecular complexity index is 829. The first-order chi connectivity index (χ1) is 14.2. The number of ether oxygens (including phenoxy) is 1. The van der Waals surface area contributed by atoms with Gasteiger partial charge in [-0.15, -0.1) is 24.0 Å². The first-order valence-corrected chi connectivity index (χ1v) is 10.2. The maximum absolute atomic E-state index is 12.3. The van der Waals surface area contributed by atoms with E-state index in [9.17, 15) is 4.79 Å². The third kappa shape index (κ3) is 7.28. The van der Waals surface area contributed by atoms with E-state index >= 15 is 0 Å². The lowest BCUT2D eigenvalue weighted by atomic mass is 10.1. The highest BCUT2D eigenvalue weighted by atomic mass is 127. The van der Waals surface area contributed by atoms with Gasteiger partial charge in [0.2, 0.25) is 0 Å². The van der Waals surface area contributed by atoms with Crippen LogP contribution in [0, 0.1) is 0 Å². The van der Waals surface area contributed by atoms with Crippen LogP contribution in [0.25, 0.3) is 0 Å². The molecular weight excluding hydrogens is 491 g/mol. The van der Waals surface area contributed by atoms with E-state index in [0.717, 1.165) is 30.8 Å². The van der Waals surface area contributed by atoms with E-state index in [0.29, 0.717) is 24.1 Å². The van der Waals surface area contributed by atoms with Gasteiger partial charge in [0, 0.05) is 12.6 Å². The van der Waals surface area contributed by atoms with E-state index in [4.69, 9.17) is 10.5 Å². The molecule has 2 aromatic rings. The Morgan fingerprint density at radius 3 is 2.73 bits per heavy atom. The molecule has 0 bridgehead atoms. The lowest BCUT2D eigenvalue weighted by Crippen LogP contribution is -2.42. The molecule has 1 fully saturated rings. The highest BCUT2D eigenvalue weighted by Crippen LogP contribution is 2.15. The highest BCUT2D eigenvalue weighted by Gasteiger charge is 2.22. The molecule has 0 aromatic heterocycles. The molecule has 0 amide bonds. The van der Waals surface area contributed by atoms with Crippen LogP contribution in [-0.4, -0.2) is 42.5 Å². The zero-order valence-corrected chi connectivity index (χ0v) is 19.8. The first-order valence-electron chi connectivity index (χ1n) is 10.2. The van der Waals surface area contributed by atoms with E-state index in [2.05, 4.69) is 22.1 Å². The average Bonchev–Trinajstić information content (AvgIpc) is 3.23. The number of esters is 1.